The summed E-state index contributed by atoms with van der Waals surface area (Å²) >= 11 is 8.88. The second kappa shape index (κ2) is 5.30. The van der Waals surface area contributed by atoms with Crippen molar-refractivity contribution in [1.29, 1.82) is 0 Å². The summed E-state index contributed by atoms with van der Waals surface area (Å²) in [5.41, 5.74) is 5.02. The van der Waals surface area contributed by atoms with Crippen molar-refractivity contribution in [3.05, 3.63) is 51.2 Å². The van der Waals surface area contributed by atoms with E-state index in [4.69, 9.17) is 17.3 Å². The summed E-state index contributed by atoms with van der Waals surface area (Å²) in [5.74, 6) is -2.31. The monoisotopic (exact) mass is 350 g/mol. The predicted octanol–water partition coefficient (Wildman–Crippen LogP) is 4.85. The number of halogens is 5. The number of hydrogen-bond acceptors (Lipinski definition) is 2. The van der Waals surface area contributed by atoms with Gasteiger partial charge in [-0.25, -0.2) is 13.2 Å². The molecule has 0 bridgehead atoms. The highest BCUT2D eigenvalue weighted by atomic mass is 79.9. The Morgan fingerprint density at radius 3 is 2.11 bits per heavy atom. The Hall–Kier alpha value is -1.40. The summed E-state index contributed by atoms with van der Waals surface area (Å²) in [4.78, 5) is 0. The average molecular weight is 352 g/mol. The van der Waals surface area contributed by atoms with Crippen LogP contribution in [0.1, 0.15) is 0 Å². The molecule has 0 saturated heterocycles. The fourth-order valence-corrected chi connectivity index (χ4v) is 2.40. The number of nitrogen functional groups attached to an aromatic ring is 1. The number of rotatable bonds is 2. The van der Waals surface area contributed by atoms with Gasteiger partial charge in [-0.1, -0.05) is 11.6 Å². The molecule has 0 amide bonds. The molecule has 0 aliphatic rings. The van der Waals surface area contributed by atoms with Crippen molar-refractivity contribution in [3.63, 3.8) is 0 Å². The second-order valence-electron chi connectivity index (χ2n) is 3.73. The van der Waals surface area contributed by atoms with Gasteiger partial charge >= 0.3 is 0 Å². The molecule has 2 nitrogen and oxygen atoms in total. The van der Waals surface area contributed by atoms with Gasteiger partial charge in [-0.3, -0.25) is 0 Å². The van der Waals surface area contributed by atoms with Crippen LogP contribution in [-0.4, -0.2) is 0 Å². The minimum atomic E-state index is -0.871. The Kier molecular flexibility index (Phi) is 3.91. The Labute approximate surface area is 120 Å². The zero-order valence-electron chi connectivity index (χ0n) is 9.28. The van der Waals surface area contributed by atoms with E-state index in [0.29, 0.717) is 0 Å². The smallest absolute Gasteiger partial charge is 0.151 e. The fourth-order valence-electron chi connectivity index (χ4n) is 1.50. The van der Waals surface area contributed by atoms with Crippen LogP contribution in [0.15, 0.2) is 28.7 Å². The first-order valence-corrected chi connectivity index (χ1v) is 6.21. The van der Waals surface area contributed by atoms with Crippen LogP contribution < -0.4 is 11.1 Å². The molecule has 0 unspecified atom stereocenters. The SMILES string of the molecule is Nc1cc(F)c(Nc2c(Cl)cc(F)cc2Br)c(F)c1. The molecule has 0 aromatic heterocycles. The highest BCUT2D eigenvalue weighted by molar-refractivity contribution is 9.10. The van der Waals surface area contributed by atoms with E-state index in [1.807, 2.05) is 0 Å². The van der Waals surface area contributed by atoms with E-state index in [1.165, 1.54) is 0 Å². The molecule has 0 atom stereocenters. The van der Waals surface area contributed by atoms with Crippen LogP contribution in [0, 0.1) is 17.5 Å². The van der Waals surface area contributed by atoms with E-state index in [0.717, 1.165) is 24.3 Å². The van der Waals surface area contributed by atoms with Gasteiger partial charge in [0.1, 0.15) is 11.5 Å². The van der Waals surface area contributed by atoms with Crippen LogP contribution in [0.5, 0.6) is 0 Å². The molecular formula is C12H7BrClF3N2. The lowest BCUT2D eigenvalue weighted by molar-refractivity contribution is 0.592. The number of nitrogens with one attached hydrogen (secondary N) is 1. The van der Waals surface area contributed by atoms with E-state index >= 15 is 0 Å². The molecule has 2 aromatic carbocycles. The largest absolute Gasteiger partial charge is 0.399 e. The topological polar surface area (TPSA) is 38.0 Å². The highest BCUT2D eigenvalue weighted by Gasteiger charge is 2.14. The number of anilines is 3. The van der Waals surface area contributed by atoms with Crippen molar-refractivity contribution in [2.45, 2.75) is 0 Å². The maximum atomic E-state index is 13.6. The van der Waals surface area contributed by atoms with Crippen molar-refractivity contribution in [1.82, 2.24) is 0 Å². The molecule has 2 aromatic rings. The minimum absolute atomic E-state index is 0.0116. The lowest BCUT2D eigenvalue weighted by Gasteiger charge is -2.13. The van der Waals surface area contributed by atoms with Crippen molar-refractivity contribution >= 4 is 44.6 Å². The standard InChI is InChI=1S/C12H7BrClF3N2/c13-7-1-5(15)2-8(14)11(7)19-12-9(16)3-6(18)4-10(12)17/h1-4,19H,18H2. The number of benzene rings is 2. The molecule has 2 rings (SSSR count). The molecule has 0 spiro atoms. The summed E-state index contributed by atoms with van der Waals surface area (Å²) in [5, 5.41) is 2.47. The van der Waals surface area contributed by atoms with Gasteiger partial charge in [0.05, 0.1) is 10.7 Å². The predicted molar refractivity (Wildman–Crippen MR) is 73.2 cm³/mol. The van der Waals surface area contributed by atoms with E-state index in [1.54, 1.807) is 0 Å². The molecule has 7 heteroatoms. The lowest BCUT2D eigenvalue weighted by atomic mass is 10.2. The van der Waals surface area contributed by atoms with Crippen LogP contribution in [0.3, 0.4) is 0 Å². The average Bonchev–Trinajstić information content (AvgIpc) is 2.25. The Morgan fingerprint density at radius 2 is 1.58 bits per heavy atom. The fraction of sp³-hybridized carbons (Fsp3) is 0. The van der Waals surface area contributed by atoms with E-state index < -0.39 is 23.1 Å². The Bertz CT molecular complexity index is 547. The summed E-state index contributed by atoms with van der Waals surface area (Å²) in [7, 11) is 0. The molecule has 0 fully saturated rings. The minimum Gasteiger partial charge on any atom is -0.399 e. The summed E-state index contributed by atoms with van der Waals surface area (Å²) in [6.07, 6.45) is 0. The number of nitrogens with two attached hydrogens (primary N) is 1. The normalized spacial score (nSPS) is 10.6. The van der Waals surface area contributed by atoms with Gasteiger partial charge in [0.2, 0.25) is 0 Å². The summed E-state index contributed by atoms with van der Waals surface area (Å²) < 4.78 is 40.5. The van der Waals surface area contributed by atoms with E-state index in [9.17, 15) is 13.2 Å². The maximum absolute atomic E-state index is 13.6. The molecule has 0 radical (unpaired) electrons. The van der Waals surface area contributed by atoms with Crippen LogP contribution in [0.4, 0.5) is 30.2 Å². The maximum Gasteiger partial charge on any atom is 0.151 e. The molecular weight excluding hydrogens is 344 g/mol. The first-order chi connectivity index (χ1) is 8.88. The van der Waals surface area contributed by atoms with Crippen LogP contribution >= 0.6 is 27.5 Å². The van der Waals surface area contributed by atoms with Gasteiger partial charge in [0.15, 0.2) is 11.6 Å². The molecule has 0 saturated carbocycles. The molecule has 3 N–H and O–H groups in total. The summed E-state index contributed by atoms with van der Waals surface area (Å²) in [6, 6.07) is 4.09. The lowest BCUT2D eigenvalue weighted by Crippen LogP contribution is -2.01. The Morgan fingerprint density at radius 1 is 1.00 bits per heavy atom. The molecule has 100 valence electrons. The van der Waals surface area contributed by atoms with Gasteiger partial charge in [-0.15, -0.1) is 0 Å². The van der Waals surface area contributed by atoms with Gasteiger partial charge in [-0.2, -0.15) is 0 Å². The summed E-state index contributed by atoms with van der Waals surface area (Å²) in [6.45, 7) is 0. The third-order valence-electron chi connectivity index (χ3n) is 2.32. The Balaban J connectivity index is 2.48. The van der Waals surface area contributed by atoms with Crippen molar-refractivity contribution < 1.29 is 13.2 Å². The third-order valence-corrected chi connectivity index (χ3v) is 3.24. The first-order valence-electron chi connectivity index (χ1n) is 5.04. The van der Waals surface area contributed by atoms with Gasteiger partial charge < -0.3 is 11.1 Å². The van der Waals surface area contributed by atoms with Crippen LogP contribution in [0.2, 0.25) is 5.02 Å². The third kappa shape index (κ3) is 2.96. The zero-order chi connectivity index (χ0) is 14.2. The molecule has 19 heavy (non-hydrogen) atoms. The van der Waals surface area contributed by atoms with Gasteiger partial charge in [-0.05, 0) is 40.2 Å². The van der Waals surface area contributed by atoms with E-state index in [2.05, 4.69) is 21.2 Å². The molecule has 0 aliphatic heterocycles. The molecule has 0 aliphatic carbocycles. The van der Waals surface area contributed by atoms with Crippen LogP contribution in [0.25, 0.3) is 0 Å². The van der Waals surface area contributed by atoms with Crippen LogP contribution in [-0.2, 0) is 0 Å². The van der Waals surface area contributed by atoms with Gasteiger partial charge in [0.25, 0.3) is 0 Å². The van der Waals surface area contributed by atoms with Crippen molar-refractivity contribution in [3.8, 4) is 0 Å². The second-order valence-corrected chi connectivity index (χ2v) is 4.99. The number of hydrogen-bond donors (Lipinski definition) is 2. The van der Waals surface area contributed by atoms with Gasteiger partial charge in [0, 0.05) is 10.2 Å². The van der Waals surface area contributed by atoms with E-state index in [-0.39, 0.29) is 20.9 Å². The first kappa shape index (κ1) is 14.0. The highest BCUT2D eigenvalue weighted by Crippen LogP contribution is 2.35. The molecule has 0 heterocycles. The van der Waals surface area contributed by atoms with Crippen molar-refractivity contribution in [2.24, 2.45) is 0 Å². The zero-order valence-corrected chi connectivity index (χ0v) is 11.6. The quantitative estimate of drug-likeness (QED) is 0.759. The van der Waals surface area contributed by atoms with Crippen molar-refractivity contribution in [2.75, 3.05) is 11.1 Å².